The molecule has 4 atom stereocenters. The van der Waals surface area contributed by atoms with Crippen LogP contribution in [0.5, 0.6) is 0 Å². The summed E-state index contributed by atoms with van der Waals surface area (Å²) in [5.74, 6) is -0.323. The Kier molecular flexibility index (Phi) is 3.06. The number of halogens is 1. The van der Waals surface area contributed by atoms with Gasteiger partial charge < -0.3 is 20.1 Å². The lowest BCUT2D eigenvalue weighted by molar-refractivity contribution is -0.0486. The van der Waals surface area contributed by atoms with Crippen LogP contribution in [0.2, 0.25) is 0 Å². The summed E-state index contributed by atoms with van der Waals surface area (Å²) in [5.41, 5.74) is 2.31. The van der Waals surface area contributed by atoms with Crippen LogP contribution in [0.25, 0.3) is 0 Å². The predicted molar refractivity (Wildman–Crippen MR) is 83.6 cm³/mol. The Morgan fingerprint density at radius 3 is 2.78 bits per heavy atom. The van der Waals surface area contributed by atoms with E-state index in [9.17, 15) is 9.50 Å². The maximum atomic E-state index is 13.9. The van der Waals surface area contributed by atoms with E-state index in [1.807, 2.05) is 0 Å². The molecule has 4 heterocycles. The predicted octanol–water partition coefficient (Wildman–Crippen LogP) is 0.798. The summed E-state index contributed by atoms with van der Waals surface area (Å²) in [6, 6.07) is 2.96. The van der Waals surface area contributed by atoms with Crippen LogP contribution in [0.4, 0.5) is 15.8 Å². The van der Waals surface area contributed by atoms with E-state index in [0.29, 0.717) is 24.3 Å². The lowest BCUT2D eigenvalue weighted by atomic mass is 10.1. The largest absolute Gasteiger partial charge is 0.374 e. The van der Waals surface area contributed by atoms with Crippen LogP contribution < -0.4 is 15.5 Å². The average Bonchev–Trinajstić information content (AvgIpc) is 3.00. The number of aliphatic hydroxyl groups is 1. The summed E-state index contributed by atoms with van der Waals surface area (Å²) in [5, 5.41) is 16.8. The number of benzene rings is 1. The molecule has 5 rings (SSSR count). The van der Waals surface area contributed by atoms with Gasteiger partial charge in [0.25, 0.3) is 0 Å². The molecule has 1 aromatic rings. The zero-order valence-electron chi connectivity index (χ0n) is 12.8. The van der Waals surface area contributed by atoms with Gasteiger partial charge in [-0.15, -0.1) is 0 Å². The highest BCUT2D eigenvalue weighted by atomic mass is 19.1. The number of anilines is 2. The highest BCUT2D eigenvalue weighted by Crippen LogP contribution is 2.43. The molecule has 7 heteroatoms. The van der Waals surface area contributed by atoms with Crippen LogP contribution >= 0.6 is 0 Å². The topological polar surface area (TPSA) is 60.0 Å². The van der Waals surface area contributed by atoms with Crippen LogP contribution in [-0.4, -0.2) is 54.7 Å². The fourth-order valence-corrected chi connectivity index (χ4v) is 4.40. The Morgan fingerprint density at radius 1 is 1.22 bits per heavy atom. The third-order valence-electron chi connectivity index (χ3n) is 5.37. The van der Waals surface area contributed by atoms with Gasteiger partial charge in [0.1, 0.15) is 12.0 Å². The van der Waals surface area contributed by atoms with Gasteiger partial charge in [-0.1, -0.05) is 0 Å². The van der Waals surface area contributed by atoms with E-state index in [1.54, 1.807) is 0 Å². The first-order chi connectivity index (χ1) is 11.2. The molecular weight excluding hydrogens is 299 g/mol. The standard InChI is InChI=1S/C16H21FN4O2/c17-9-5-12-14-13(6-9)19-16(21(14)4-3-18-15(12)22)20-7-10-1-2-11(8-20)23-10/h5-6,10-11,15-16,18-19,22H,1-4,7-8H2. The van der Waals surface area contributed by atoms with Gasteiger partial charge in [0, 0.05) is 31.7 Å². The first-order valence-electron chi connectivity index (χ1n) is 8.36. The zero-order valence-corrected chi connectivity index (χ0v) is 12.8. The van der Waals surface area contributed by atoms with Crippen molar-refractivity contribution >= 4 is 11.4 Å². The van der Waals surface area contributed by atoms with Gasteiger partial charge in [-0.2, -0.15) is 0 Å². The second kappa shape index (κ2) is 5.04. The number of ether oxygens (including phenoxy) is 1. The van der Waals surface area contributed by atoms with Gasteiger partial charge in [-0.3, -0.25) is 10.2 Å². The van der Waals surface area contributed by atoms with E-state index in [4.69, 9.17) is 4.74 Å². The fraction of sp³-hybridized carbons (Fsp3) is 0.625. The molecule has 6 nitrogen and oxygen atoms in total. The summed E-state index contributed by atoms with van der Waals surface area (Å²) >= 11 is 0. The van der Waals surface area contributed by atoms with Gasteiger partial charge in [-0.05, 0) is 25.0 Å². The third kappa shape index (κ3) is 2.15. The summed E-state index contributed by atoms with van der Waals surface area (Å²) in [7, 11) is 0. The summed E-state index contributed by atoms with van der Waals surface area (Å²) < 4.78 is 19.9. The number of likely N-dealkylation sites (tertiary alicyclic amines) is 1. The molecule has 3 N–H and O–H groups in total. The molecule has 0 spiro atoms. The molecule has 2 bridgehead atoms. The highest BCUT2D eigenvalue weighted by Gasteiger charge is 2.43. The normalized spacial score (nSPS) is 35.8. The van der Waals surface area contributed by atoms with E-state index < -0.39 is 6.23 Å². The monoisotopic (exact) mass is 320 g/mol. The van der Waals surface area contributed by atoms with Crippen molar-refractivity contribution in [3.05, 3.63) is 23.5 Å². The molecule has 124 valence electrons. The third-order valence-corrected chi connectivity index (χ3v) is 5.37. The van der Waals surface area contributed by atoms with Crippen molar-refractivity contribution in [2.45, 2.75) is 37.6 Å². The van der Waals surface area contributed by atoms with Gasteiger partial charge in [0.2, 0.25) is 0 Å². The zero-order chi connectivity index (χ0) is 15.6. The second-order valence-corrected chi connectivity index (χ2v) is 6.87. The Labute approximate surface area is 134 Å². The van der Waals surface area contributed by atoms with Crippen molar-refractivity contribution < 1.29 is 14.2 Å². The fourth-order valence-electron chi connectivity index (χ4n) is 4.40. The number of morpholine rings is 1. The molecule has 23 heavy (non-hydrogen) atoms. The Bertz CT molecular complexity index is 631. The van der Waals surface area contributed by atoms with E-state index in [-0.39, 0.29) is 12.1 Å². The summed E-state index contributed by atoms with van der Waals surface area (Å²) in [4.78, 5) is 4.64. The maximum Gasteiger partial charge on any atom is 0.158 e. The quantitative estimate of drug-likeness (QED) is 0.712. The molecule has 2 fully saturated rings. The Morgan fingerprint density at radius 2 is 2.00 bits per heavy atom. The Hall–Kier alpha value is -1.41. The van der Waals surface area contributed by atoms with Gasteiger partial charge in [0.15, 0.2) is 6.29 Å². The summed E-state index contributed by atoms with van der Waals surface area (Å²) in [6.45, 7) is 3.22. The van der Waals surface area contributed by atoms with E-state index >= 15 is 0 Å². The average molecular weight is 320 g/mol. The van der Waals surface area contributed by atoms with Crippen LogP contribution in [0, 0.1) is 5.82 Å². The van der Waals surface area contributed by atoms with Crippen molar-refractivity contribution in [3.8, 4) is 0 Å². The highest BCUT2D eigenvalue weighted by molar-refractivity contribution is 5.80. The van der Waals surface area contributed by atoms with Crippen molar-refractivity contribution in [2.75, 3.05) is 36.4 Å². The number of hydrogen-bond acceptors (Lipinski definition) is 6. The molecule has 4 aliphatic heterocycles. The number of nitrogens with zero attached hydrogens (tertiary/aromatic N) is 2. The lowest BCUT2D eigenvalue weighted by Gasteiger charge is -2.40. The smallest absolute Gasteiger partial charge is 0.158 e. The van der Waals surface area contributed by atoms with Crippen LogP contribution in [0.3, 0.4) is 0 Å². The lowest BCUT2D eigenvalue weighted by Crippen LogP contribution is -2.56. The molecular formula is C16H21FN4O2. The molecule has 0 saturated carbocycles. The van der Waals surface area contributed by atoms with E-state index in [2.05, 4.69) is 20.4 Å². The van der Waals surface area contributed by atoms with Crippen molar-refractivity contribution in [1.29, 1.82) is 0 Å². The number of rotatable bonds is 1. The van der Waals surface area contributed by atoms with Gasteiger partial charge in [-0.25, -0.2) is 4.39 Å². The molecule has 4 aliphatic rings. The maximum absolute atomic E-state index is 13.9. The number of hydrogen-bond donors (Lipinski definition) is 3. The van der Waals surface area contributed by atoms with Gasteiger partial charge >= 0.3 is 0 Å². The van der Waals surface area contributed by atoms with Gasteiger partial charge in [0.05, 0.1) is 23.6 Å². The van der Waals surface area contributed by atoms with Crippen LogP contribution in [-0.2, 0) is 4.74 Å². The number of nitrogens with one attached hydrogen (secondary N) is 2. The number of fused-ring (bicyclic) bond motifs is 2. The molecule has 0 aliphatic carbocycles. The molecule has 2 saturated heterocycles. The minimum absolute atomic E-state index is 0.00431. The summed E-state index contributed by atoms with van der Waals surface area (Å²) in [6.07, 6.45) is 2.05. The van der Waals surface area contributed by atoms with Crippen molar-refractivity contribution in [1.82, 2.24) is 10.2 Å². The van der Waals surface area contributed by atoms with Crippen LogP contribution in [0.15, 0.2) is 12.1 Å². The van der Waals surface area contributed by atoms with E-state index in [0.717, 1.165) is 43.9 Å². The van der Waals surface area contributed by atoms with Crippen LogP contribution in [0.1, 0.15) is 24.6 Å². The molecule has 0 aromatic heterocycles. The Balaban J connectivity index is 1.52. The minimum Gasteiger partial charge on any atom is -0.374 e. The first kappa shape index (κ1) is 14.0. The first-order valence-corrected chi connectivity index (χ1v) is 8.36. The molecule has 4 unspecified atom stereocenters. The molecule has 0 radical (unpaired) electrons. The molecule has 1 aromatic carbocycles. The molecule has 0 amide bonds. The second-order valence-electron chi connectivity index (χ2n) is 6.87. The van der Waals surface area contributed by atoms with Crippen molar-refractivity contribution in [2.24, 2.45) is 0 Å². The minimum atomic E-state index is -0.828. The van der Waals surface area contributed by atoms with E-state index in [1.165, 1.54) is 12.1 Å². The number of aliphatic hydroxyl groups excluding tert-OH is 1. The SMILES string of the molecule is OC1NCCN2c3c(cc(F)cc31)NC2N1CC2CCC(C1)O2. The van der Waals surface area contributed by atoms with Crippen molar-refractivity contribution in [3.63, 3.8) is 0 Å².